The zero-order valence-corrected chi connectivity index (χ0v) is 11.0. The fourth-order valence-corrected chi connectivity index (χ4v) is 3.73. The molecule has 0 unspecified atom stereocenters. The van der Waals surface area contributed by atoms with Crippen molar-refractivity contribution in [3.63, 3.8) is 0 Å². The fourth-order valence-electron chi connectivity index (χ4n) is 1.80. The molecule has 1 aromatic carbocycles. The van der Waals surface area contributed by atoms with Gasteiger partial charge in [0.25, 0.3) is 5.52 Å². The molecule has 3 aromatic rings. The summed E-state index contributed by atoms with van der Waals surface area (Å²) in [5, 5.41) is 10.6. The van der Waals surface area contributed by atoms with Crippen molar-refractivity contribution in [1.82, 2.24) is 4.98 Å². The van der Waals surface area contributed by atoms with E-state index in [1.165, 1.54) is 6.20 Å². The number of fused-ring (bicyclic) bond motifs is 3. The van der Waals surface area contributed by atoms with Crippen molar-refractivity contribution >= 4 is 42.3 Å². The van der Waals surface area contributed by atoms with Gasteiger partial charge in [0.2, 0.25) is 20.4 Å². The van der Waals surface area contributed by atoms with E-state index in [-0.39, 0.29) is 4.34 Å². The average Bonchev–Trinajstić information content (AvgIpc) is 2.73. The summed E-state index contributed by atoms with van der Waals surface area (Å²) in [7, 11) is -3.33. The van der Waals surface area contributed by atoms with Gasteiger partial charge in [-0.05, 0) is 6.07 Å². The molecule has 5 nitrogen and oxygen atoms in total. The molecular weight excluding hydrogens is 272 g/mol. The van der Waals surface area contributed by atoms with Gasteiger partial charge in [-0.2, -0.15) is 0 Å². The Balaban J connectivity index is 2.51. The minimum absolute atomic E-state index is 0.0638. The first-order valence-electron chi connectivity index (χ1n) is 5.10. The van der Waals surface area contributed by atoms with Crippen molar-refractivity contribution in [2.24, 2.45) is 0 Å². The Morgan fingerprint density at radius 1 is 1.33 bits per heavy atom. The van der Waals surface area contributed by atoms with E-state index in [9.17, 15) is 13.6 Å². The van der Waals surface area contributed by atoms with Crippen LogP contribution in [-0.2, 0) is 9.84 Å². The van der Waals surface area contributed by atoms with Crippen LogP contribution in [0.1, 0.15) is 0 Å². The number of nitrogens with zero attached hydrogens (tertiary/aromatic N) is 2. The van der Waals surface area contributed by atoms with Crippen LogP contribution in [-0.4, -0.2) is 24.9 Å². The van der Waals surface area contributed by atoms with Crippen LogP contribution in [0.2, 0.25) is 0 Å². The Hall–Kier alpha value is -1.73. The molecule has 0 amide bonds. The maximum atomic E-state index is 11.5. The first-order chi connectivity index (χ1) is 8.47. The van der Waals surface area contributed by atoms with Crippen LogP contribution in [0.3, 0.4) is 0 Å². The molecule has 18 heavy (non-hydrogen) atoms. The highest BCUT2D eigenvalue weighted by atomic mass is 32.2. The zero-order valence-electron chi connectivity index (χ0n) is 9.36. The number of thiazole rings is 1. The van der Waals surface area contributed by atoms with E-state index in [0.717, 1.165) is 32.4 Å². The number of sulfone groups is 1. The Morgan fingerprint density at radius 2 is 2.06 bits per heavy atom. The fraction of sp³-hybridized carbons (Fsp3) is 0.0909. The van der Waals surface area contributed by atoms with Crippen LogP contribution in [0.4, 0.5) is 0 Å². The minimum Gasteiger partial charge on any atom is -0.284 e. The molecule has 0 atom stereocenters. The maximum Gasteiger partial charge on any atom is 0.266 e. The standard InChI is InChI=1S/C11H9N2O3S2/c1-18(15,16)11-12-8-6-13(14)9-5-3-2-4-7(9)10(8)17-11/h2-6,14H,1H3/q+1. The van der Waals surface area contributed by atoms with E-state index in [1.54, 1.807) is 12.1 Å². The van der Waals surface area contributed by atoms with E-state index >= 15 is 0 Å². The molecule has 0 radical (unpaired) electrons. The van der Waals surface area contributed by atoms with E-state index in [0.29, 0.717) is 11.0 Å². The van der Waals surface area contributed by atoms with Gasteiger partial charge < -0.3 is 0 Å². The van der Waals surface area contributed by atoms with Gasteiger partial charge in [-0.25, -0.2) is 13.4 Å². The molecule has 0 bridgehead atoms. The van der Waals surface area contributed by atoms with Crippen molar-refractivity contribution in [1.29, 1.82) is 0 Å². The lowest BCUT2D eigenvalue weighted by molar-refractivity contribution is -0.883. The third-order valence-corrected chi connectivity index (χ3v) is 5.37. The van der Waals surface area contributed by atoms with Gasteiger partial charge in [0, 0.05) is 17.1 Å². The molecule has 1 N–H and O–H groups in total. The highest BCUT2D eigenvalue weighted by Gasteiger charge is 2.20. The largest absolute Gasteiger partial charge is 0.284 e. The van der Waals surface area contributed by atoms with Gasteiger partial charge in [-0.15, -0.1) is 11.3 Å². The van der Waals surface area contributed by atoms with E-state index in [4.69, 9.17) is 0 Å². The molecule has 7 heteroatoms. The second kappa shape index (κ2) is 3.63. The molecule has 2 aromatic heterocycles. The van der Waals surface area contributed by atoms with Crippen molar-refractivity contribution in [2.45, 2.75) is 4.34 Å². The highest BCUT2D eigenvalue weighted by Crippen LogP contribution is 2.29. The quantitative estimate of drug-likeness (QED) is 0.540. The molecule has 92 valence electrons. The number of para-hydroxylation sites is 1. The van der Waals surface area contributed by atoms with Gasteiger partial charge in [0.1, 0.15) is 0 Å². The first-order valence-corrected chi connectivity index (χ1v) is 7.81. The molecule has 0 aliphatic rings. The Morgan fingerprint density at radius 3 is 2.78 bits per heavy atom. The summed E-state index contributed by atoms with van der Waals surface area (Å²) in [5.41, 5.74) is 1.09. The minimum atomic E-state index is -3.33. The van der Waals surface area contributed by atoms with Crippen LogP contribution in [0.25, 0.3) is 21.1 Å². The number of hydrogen-bond donors (Lipinski definition) is 1. The summed E-state index contributed by atoms with van der Waals surface area (Å²) in [4.78, 5) is 4.04. The second-order valence-electron chi connectivity index (χ2n) is 3.96. The van der Waals surface area contributed by atoms with Crippen LogP contribution < -0.4 is 4.73 Å². The molecule has 2 heterocycles. The van der Waals surface area contributed by atoms with E-state index < -0.39 is 9.84 Å². The highest BCUT2D eigenvalue weighted by molar-refractivity contribution is 7.92. The van der Waals surface area contributed by atoms with Gasteiger partial charge in [-0.1, -0.05) is 12.1 Å². The lowest BCUT2D eigenvalue weighted by atomic mass is 10.2. The third-order valence-electron chi connectivity index (χ3n) is 2.59. The molecule has 0 fully saturated rings. The number of rotatable bonds is 1. The van der Waals surface area contributed by atoms with Crippen molar-refractivity contribution in [3.05, 3.63) is 30.5 Å². The molecule has 0 aliphatic carbocycles. The van der Waals surface area contributed by atoms with Gasteiger partial charge in [0.15, 0.2) is 5.52 Å². The normalized spacial score (nSPS) is 12.3. The molecule has 0 spiro atoms. The van der Waals surface area contributed by atoms with E-state index in [2.05, 4.69) is 4.98 Å². The predicted molar refractivity (Wildman–Crippen MR) is 67.6 cm³/mol. The number of benzene rings is 1. The van der Waals surface area contributed by atoms with E-state index in [1.807, 2.05) is 12.1 Å². The van der Waals surface area contributed by atoms with Crippen molar-refractivity contribution < 1.29 is 18.4 Å². The molecular formula is C11H9N2O3S2+. The monoisotopic (exact) mass is 281 g/mol. The molecule has 3 rings (SSSR count). The molecule has 0 aliphatic heterocycles. The SMILES string of the molecule is CS(=O)(=O)c1nc2c[n+](O)c3ccccc3c2s1. The van der Waals surface area contributed by atoms with Crippen LogP contribution in [0.5, 0.6) is 0 Å². The lowest BCUT2D eigenvalue weighted by Crippen LogP contribution is -2.30. The summed E-state index contributed by atoms with van der Waals surface area (Å²) < 4.78 is 24.8. The predicted octanol–water partition coefficient (Wildman–Crippen LogP) is 1.38. The maximum absolute atomic E-state index is 11.5. The number of hydrogen-bond acceptors (Lipinski definition) is 5. The van der Waals surface area contributed by atoms with Gasteiger partial charge >= 0.3 is 0 Å². The third kappa shape index (κ3) is 1.63. The summed E-state index contributed by atoms with van der Waals surface area (Å²) >= 11 is 1.12. The Bertz CT molecular complexity index is 869. The van der Waals surface area contributed by atoms with Gasteiger partial charge in [0.05, 0.1) is 10.1 Å². The van der Waals surface area contributed by atoms with Crippen LogP contribution >= 0.6 is 11.3 Å². The van der Waals surface area contributed by atoms with Gasteiger partial charge in [-0.3, -0.25) is 5.21 Å². The topological polar surface area (TPSA) is 71.1 Å². The zero-order chi connectivity index (χ0) is 12.9. The number of pyridine rings is 1. The summed E-state index contributed by atoms with van der Waals surface area (Å²) in [5.74, 6) is 0. The summed E-state index contributed by atoms with van der Waals surface area (Å²) in [6, 6.07) is 7.23. The molecule has 0 saturated carbocycles. The Kier molecular flexibility index (Phi) is 2.29. The van der Waals surface area contributed by atoms with Crippen LogP contribution in [0.15, 0.2) is 34.8 Å². The summed E-state index contributed by atoms with van der Waals surface area (Å²) in [6.45, 7) is 0. The van der Waals surface area contributed by atoms with Crippen molar-refractivity contribution in [3.8, 4) is 0 Å². The average molecular weight is 281 g/mol. The number of aromatic nitrogens is 2. The van der Waals surface area contributed by atoms with Crippen LogP contribution in [0, 0.1) is 0 Å². The lowest BCUT2D eigenvalue weighted by Gasteiger charge is -1.93. The molecule has 0 saturated heterocycles. The Labute approximate surface area is 107 Å². The van der Waals surface area contributed by atoms with Crippen molar-refractivity contribution in [2.75, 3.05) is 6.26 Å². The second-order valence-corrected chi connectivity index (χ2v) is 7.15. The first kappa shape index (κ1) is 11.4. The summed E-state index contributed by atoms with van der Waals surface area (Å²) in [6.07, 6.45) is 2.54. The smallest absolute Gasteiger partial charge is 0.266 e.